The Kier molecular flexibility index (Phi) is 10.0. The Labute approximate surface area is 164 Å². The van der Waals surface area contributed by atoms with E-state index >= 15 is 0 Å². The van der Waals surface area contributed by atoms with Crippen molar-refractivity contribution >= 4 is 24.0 Å². The zero-order valence-electron chi connectivity index (χ0n) is 16.3. The van der Waals surface area contributed by atoms with Crippen LogP contribution in [0.2, 0.25) is 0 Å². The molecule has 1 aliphatic rings. The van der Waals surface area contributed by atoms with Crippen molar-refractivity contribution in [3.05, 3.63) is 12.4 Å². The van der Waals surface area contributed by atoms with Gasteiger partial charge in [-0.15, -0.1) is 0 Å². The molecule has 1 fully saturated rings. The van der Waals surface area contributed by atoms with Gasteiger partial charge in [0, 0.05) is 26.2 Å². The second-order valence-corrected chi connectivity index (χ2v) is 6.27. The number of carbonyl (C=O) groups is 2. The van der Waals surface area contributed by atoms with Gasteiger partial charge in [-0.25, -0.2) is 9.97 Å². The molecule has 0 bridgehead atoms. The molecule has 0 atom stereocenters. The van der Waals surface area contributed by atoms with E-state index in [-0.39, 0.29) is 11.9 Å². The number of amides is 1. The molecule has 1 aliphatic heterocycles. The summed E-state index contributed by atoms with van der Waals surface area (Å²) < 4.78 is 15.5. The Bertz CT molecular complexity index is 578. The average molecular weight is 395 g/mol. The van der Waals surface area contributed by atoms with Crippen molar-refractivity contribution in [2.45, 2.75) is 12.8 Å². The van der Waals surface area contributed by atoms with Crippen molar-refractivity contribution in [2.75, 3.05) is 69.9 Å². The lowest BCUT2D eigenvalue weighted by molar-refractivity contribution is -0.146. The first-order valence-electron chi connectivity index (χ1n) is 9.45. The standard InChI is InChI=1S/C18H29N5O5/c1-26-18(25)15-2-6-23(7-3-15)17-13-21-16(12-22-17)20-5-9-28-11-10-27-8-4-19-14-24/h12-15H,2-11H2,1H3,(H,19,24)(H,20,21). The fraction of sp³-hybridized carbons (Fsp3) is 0.667. The quantitative estimate of drug-likeness (QED) is 0.272. The van der Waals surface area contributed by atoms with E-state index < -0.39 is 0 Å². The Morgan fingerprint density at radius 3 is 2.46 bits per heavy atom. The largest absolute Gasteiger partial charge is 0.469 e. The maximum Gasteiger partial charge on any atom is 0.308 e. The van der Waals surface area contributed by atoms with Crippen LogP contribution in [0.1, 0.15) is 12.8 Å². The Balaban J connectivity index is 1.56. The van der Waals surface area contributed by atoms with Crippen molar-refractivity contribution in [1.29, 1.82) is 0 Å². The summed E-state index contributed by atoms with van der Waals surface area (Å²) in [6.07, 6.45) is 5.62. The molecule has 28 heavy (non-hydrogen) atoms. The predicted molar refractivity (Wildman–Crippen MR) is 103 cm³/mol. The van der Waals surface area contributed by atoms with E-state index in [4.69, 9.17) is 14.2 Å². The summed E-state index contributed by atoms with van der Waals surface area (Å²) in [6, 6.07) is 0. The van der Waals surface area contributed by atoms with Crippen LogP contribution in [-0.2, 0) is 23.8 Å². The molecule has 2 heterocycles. The van der Waals surface area contributed by atoms with Crippen LogP contribution in [0, 0.1) is 5.92 Å². The van der Waals surface area contributed by atoms with E-state index in [0.29, 0.717) is 51.7 Å². The minimum absolute atomic E-state index is 0.0199. The van der Waals surface area contributed by atoms with Crippen LogP contribution in [-0.4, -0.2) is 82.1 Å². The SMILES string of the molecule is COC(=O)C1CCN(c2cnc(NCCOCCOCCNC=O)cn2)CC1. The van der Waals surface area contributed by atoms with E-state index in [0.717, 1.165) is 31.7 Å². The lowest BCUT2D eigenvalue weighted by Crippen LogP contribution is -2.37. The third kappa shape index (κ3) is 7.65. The maximum absolute atomic E-state index is 11.6. The number of piperidine rings is 1. The number of nitrogens with one attached hydrogen (secondary N) is 2. The van der Waals surface area contributed by atoms with Gasteiger partial charge in [-0.1, -0.05) is 0 Å². The molecule has 0 radical (unpaired) electrons. The minimum Gasteiger partial charge on any atom is -0.469 e. The van der Waals surface area contributed by atoms with Gasteiger partial charge in [0.25, 0.3) is 0 Å². The molecule has 156 valence electrons. The first-order valence-corrected chi connectivity index (χ1v) is 9.45. The molecule has 2 rings (SSSR count). The summed E-state index contributed by atoms with van der Waals surface area (Å²) in [5.41, 5.74) is 0. The monoisotopic (exact) mass is 395 g/mol. The molecule has 2 N–H and O–H groups in total. The smallest absolute Gasteiger partial charge is 0.308 e. The van der Waals surface area contributed by atoms with Crippen LogP contribution >= 0.6 is 0 Å². The Hall–Kier alpha value is -2.46. The van der Waals surface area contributed by atoms with Crippen molar-refractivity contribution < 1.29 is 23.8 Å². The Morgan fingerprint density at radius 1 is 1.14 bits per heavy atom. The van der Waals surface area contributed by atoms with Gasteiger partial charge in [0.1, 0.15) is 11.6 Å². The van der Waals surface area contributed by atoms with Crippen LogP contribution in [0.15, 0.2) is 12.4 Å². The first-order chi connectivity index (χ1) is 13.7. The molecule has 0 saturated carbocycles. The number of hydrogen-bond acceptors (Lipinski definition) is 9. The number of aromatic nitrogens is 2. The molecule has 0 aromatic carbocycles. The van der Waals surface area contributed by atoms with Crippen molar-refractivity contribution in [3.8, 4) is 0 Å². The van der Waals surface area contributed by atoms with E-state index in [1.54, 1.807) is 12.4 Å². The normalized spacial score (nSPS) is 14.5. The molecule has 1 aromatic rings. The number of anilines is 2. The van der Waals surface area contributed by atoms with E-state index in [2.05, 4.69) is 25.5 Å². The van der Waals surface area contributed by atoms with Gasteiger partial charge in [-0.05, 0) is 12.8 Å². The van der Waals surface area contributed by atoms with Gasteiger partial charge in [-0.2, -0.15) is 0 Å². The first kappa shape index (κ1) is 21.8. The van der Waals surface area contributed by atoms with Crippen LogP contribution in [0.25, 0.3) is 0 Å². The molecule has 1 amide bonds. The molecular formula is C18H29N5O5. The van der Waals surface area contributed by atoms with Gasteiger partial charge in [0.05, 0.1) is 51.8 Å². The lowest BCUT2D eigenvalue weighted by Gasteiger charge is -2.31. The maximum atomic E-state index is 11.6. The highest BCUT2D eigenvalue weighted by Crippen LogP contribution is 2.22. The number of hydrogen-bond donors (Lipinski definition) is 2. The van der Waals surface area contributed by atoms with Gasteiger partial charge >= 0.3 is 5.97 Å². The van der Waals surface area contributed by atoms with Gasteiger partial charge in [0.15, 0.2) is 0 Å². The highest BCUT2D eigenvalue weighted by atomic mass is 16.5. The third-order valence-electron chi connectivity index (χ3n) is 4.39. The minimum atomic E-state index is -0.131. The molecule has 10 nitrogen and oxygen atoms in total. The number of carbonyl (C=O) groups excluding carboxylic acids is 2. The summed E-state index contributed by atoms with van der Waals surface area (Å²) in [5.74, 6) is 1.35. The highest BCUT2D eigenvalue weighted by molar-refractivity contribution is 5.72. The highest BCUT2D eigenvalue weighted by Gasteiger charge is 2.26. The van der Waals surface area contributed by atoms with Crippen molar-refractivity contribution in [1.82, 2.24) is 15.3 Å². The average Bonchev–Trinajstić information content (AvgIpc) is 2.75. The molecule has 0 unspecified atom stereocenters. The molecule has 10 heteroatoms. The molecule has 1 saturated heterocycles. The zero-order valence-corrected chi connectivity index (χ0v) is 16.3. The number of nitrogens with zero attached hydrogens (tertiary/aromatic N) is 3. The van der Waals surface area contributed by atoms with E-state index in [1.807, 2.05) is 0 Å². The summed E-state index contributed by atoms with van der Waals surface area (Å²) in [4.78, 5) is 32.6. The van der Waals surface area contributed by atoms with Crippen LogP contribution in [0.4, 0.5) is 11.6 Å². The summed E-state index contributed by atoms with van der Waals surface area (Å²) in [6.45, 7) is 4.64. The number of rotatable bonds is 13. The number of methoxy groups -OCH3 is 1. The summed E-state index contributed by atoms with van der Waals surface area (Å²) >= 11 is 0. The van der Waals surface area contributed by atoms with E-state index in [1.165, 1.54) is 7.11 Å². The molecular weight excluding hydrogens is 366 g/mol. The van der Waals surface area contributed by atoms with Gasteiger partial charge < -0.3 is 29.7 Å². The fourth-order valence-electron chi connectivity index (χ4n) is 2.85. The van der Waals surface area contributed by atoms with E-state index in [9.17, 15) is 9.59 Å². The van der Waals surface area contributed by atoms with Crippen LogP contribution in [0.5, 0.6) is 0 Å². The van der Waals surface area contributed by atoms with Crippen LogP contribution in [0.3, 0.4) is 0 Å². The zero-order chi connectivity index (χ0) is 20.0. The third-order valence-corrected chi connectivity index (χ3v) is 4.39. The second-order valence-electron chi connectivity index (χ2n) is 6.27. The second kappa shape index (κ2) is 12.8. The van der Waals surface area contributed by atoms with Crippen molar-refractivity contribution in [2.24, 2.45) is 5.92 Å². The van der Waals surface area contributed by atoms with Crippen molar-refractivity contribution in [3.63, 3.8) is 0 Å². The number of esters is 1. The molecule has 0 aliphatic carbocycles. The summed E-state index contributed by atoms with van der Waals surface area (Å²) in [7, 11) is 1.43. The van der Waals surface area contributed by atoms with Gasteiger partial charge in [-0.3, -0.25) is 9.59 Å². The van der Waals surface area contributed by atoms with Gasteiger partial charge in [0.2, 0.25) is 6.41 Å². The molecule has 1 aromatic heterocycles. The topological polar surface area (TPSA) is 115 Å². The predicted octanol–water partition coefficient (Wildman–Crippen LogP) is 0.0571. The van der Waals surface area contributed by atoms with Crippen LogP contribution < -0.4 is 15.5 Å². The molecule has 0 spiro atoms. The fourth-order valence-corrected chi connectivity index (χ4v) is 2.85. The number of ether oxygens (including phenoxy) is 3. The summed E-state index contributed by atoms with van der Waals surface area (Å²) in [5, 5.41) is 5.68. The lowest BCUT2D eigenvalue weighted by atomic mass is 9.97. The Morgan fingerprint density at radius 2 is 1.86 bits per heavy atom.